The molecular formula is C10H14O2. The summed E-state index contributed by atoms with van der Waals surface area (Å²) in [5.41, 5.74) is 0.749. The summed E-state index contributed by atoms with van der Waals surface area (Å²) in [7, 11) is 0. The number of rotatable bonds is 0. The fourth-order valence-corrected chi connectivity index (χ4v) is 2.50. The number of hydrogen-bond acceptors (Lipinski definition) is 2. The molecule has 0 radical (unpaired) electrons. The molecule has 0 saturated heterocycles. The molecule has 1 fully saturated rings. The van der Waals surface area contributed by atoms with Crippen molar-refractivity contribution in [1.82, 2.24) is 0 Å². The number of aliphatic hydroxyl groups excluding tert-OH is 1. The molecule has 0 aromatic carbocycles. The lowest BCUT2D eigenvalue weighted by Gasteiger charge is -2.11. The van der Waals surface area contributed by atoms with Gasteiger partial charge in [0, 0.05) is 11.8 Å². The van der Waals surface area contributed by atoms with Crippen LogP contribution in [0.2, 0.25) is 0 Å². The van der Waals surface area contributed by atoms with Crippen molar-refractivity contribution in [3.05, 3.63) is 11.6 Å². The minimum Gasteiger partial charge on any atom is -0.389 e. The number of fused-ring (bicyclic) bond motifs is 1. The quantitative estimate of drug-likeness (QED) is 0.586. The normalized spacial score (nSPS) is 43.5. The van der Waals surface area contributed by atoms with Crippen LogP contribution in [0.1, 0.15) is 20.8 Å². The average Bonchev–Trinajstić information content (AvgIpc) is 2.50. The second-order valence-electron chi connectivity index (χ2n) is 4.53. The van der Waals surface area contributed by atoms with Crippen LogP contribution >= 0.6 is 0 Å². The van der Waals surface area contributed by atoms with E-state index in [0.717, 1.165) is 5.57 Å². The van der Waals surface area contributed by atoms with Gasteiger partial charge in [0.1, 0.15) is 0 Å². The first-order chi connectivity index (χ1) is 5.46. The molecule has 2 heteroatoms. The van der Waals surface area contributed by atoms with Gasteiger partial charge in [0.15, 0.2) is 5.78 Å². The first-order valence-electron chi connectivity index (χ1n) is 4.37. The van der Waals surface area contributed by atoms with Crippen LogP contribution in [0.4, 0.5) is 0 Å². The van der Waals surface area contributed by atoms with Gasteiger partial charge in [-0.05, 0) is 24.0 Å². The Kier molecular flexibility index (Phi) is 1.33. The Morgan fingerprint density at radius 2 is 2.08 bits per heavy atom. The number of carbonyl (C=O) groups is 1. The molecule has 12 heavy (non-hydrogen) atoms. The largest absolute Gasteiger partial charge is 0.389 e. The molecule has 0 aliphatic heterocycles. The summed E-state index contributed by atoms with van der Waals surface area (Å²) in [5, 5.41) is 9.61. The van der Waals surface area contributed by atoms with Crippen molar-refractivity contribution in [3.63, 3.8) is 0 Å². The van der Waals surface area contributed by atoms with Crippen LogP contribution in [0.25, 0.3) is 0 Å². The third kappa shape index (κ3) is 0.761. The Bertz CT molecular complexity index is 276. The van der Waals surface area contributed by atoms with Gasteiger partial charge in [0.05, 0.1) is 6.10 Å². The Morgan fingerprint density at radius 3 is 2.67 bits per heavy atom. The third-order valence-corrected chi connectivity index (χ3v) is 3.37. The van der Waals surface area contributed by atoms with Gasteiger partial charge in [0.2, 0.25) is 0 Å². The van der Waals surface area contributed by atoms with Crippen molar-refractivity contribution < 1.29 is 9.90 Å². The molecule has 0 heterocycles. The topological polar surface area (TPSA) is 37.3 Å². The highest BCUT2D eigenvalue weighted by molar-refractivity contribution is 6.00. The molecule has 0 unspecified atom stereocenters. The minimum absolute atomic E-state index is 0.0186. The van der Waals surface area contributed by atoms with Crippen molar-refractivity contribution in [2.45, 2.75) is 26.9 Å². The Labute approximate surface area is 72.3 Å². The van der Waals surface area contributed by atoms with Gasteiger partial charge in [0.25, 0.3) is 0 Å². The van der Waals surface area contributed by atoms with Crippen molar-refractivity contribution in [1.29, 1.82) is 0 Å². The van der Waals surface area contributed by atoms with E-state index in [1.165, 1.54) is 0 Å². The van der Waals surface area contributed by atoms with Gasteiger partial charge >= 0.3 is 0 Å². The molecule has 2 aliphatic carbocycles. The van der Waals surface area contributed by atoms with E-state index in [4.69, 9.17) is 0 Å². The summed E-state index contributed by atoms with van der Waals surface area (Å²) in [4.78, 5) is 11.5. The van der Waals surface area contributed by atoms with Gasteiger partial charge in [-0.2, -0.15) is 0 Å². The molecule has 66 valence electrons. The molecule has 0 spiro atoms. The van der Waals surface area contributed by atoms with Crippen LogP contribution in [-0.2, 0) is 4.79 Å². The molecule has 3 atom stereocenters. The summed E-state index contributed by atoms with van der Waals surface area (Å²) in [6.07, 6.45) is 1.29. The highest BCUT2D eigenvalue weighted by atomic mass is 16.3. The number of Topliss-reactive ketones (excluding diaryl/α,β-unsaturated/α-hetero) is 1. The van der Waals surface area contributed by atoms with Crippen LogP contribution in [0.15, 0.2) is 11.6 Å². The summed E-state index contributed by atoms with van der Waals surface area (Å²) < 4.78 is 0. The molecule has 2 rings (SSSR count). The zero-order valence-electron chi connectivity index (χ0n) is 7.66. The second kappa shape index (κ2) is 1.99. The maximum atomic E-state index is 11.5. The van der Waals surface area contributed by atoms with Crippen LogP contribution < -0.4 is 0 Å². The van der Waals surface area contributed by atoms with Crippen LogP contribution in [-0.4, -0.2) is 17.0 Å². The molecular weight excluding hydrogens is 152 g/mol. The number of hydrogen-bond donors (Lipinski definition) is 1. The molecule has 2 nitrogen and oxygen atoms in total. The van der Waals surface area contributed by atoms with E-state index in [-0.39, 0.29) is 23.0 Å². The molecule has 1 saturated carbocycles. The summed E-state index contributed by atoms with van der Waals surface area (Å²) in [6, 6.07) is 0. The second-order valence-corrected chi connectivity index (χ2v) is 4.53. The van der Waals surface area contributed by atoms with Crippen molar-refractivity contribution >= 4 is 5.78 Å². The predicted octanol–water partition coefficient (Wildman–Crippen LogP) is 1.15. The van der Waals surface area contributed by atoms with E-state index in [1.54, 1.807) is 13.0 Å². The molecule has 2 aliphatic rings. The Morgan fingerprint density at radius 1 is 1.50 bits per heavy atom. The maximum Gasteiger partial charge on any atom is 0.162 e. The maximum absolute atomic E-state index is 11.5. The van der Waals surface area contributed by atoms with E-state index in [1.807, 2.05) is 0 Å². The SMILES string of the molecule is CC1=C[C@H](O)[C@H]2[C@@H](C1=O)C2(C)C. The highest BCUT2D eigenvalue weighted by Crippen LogP contribution is 2.62. The van der Waals surface area contributed by atoms with Crippen LogP contribution in [0.3, 0.4) is 0 Å². The number of ketones is 1. The first kappa shape index (κ1) is 7.99. The Hall–Kier alpha value is -0.630. The van der Waals surface area contributed by atoms with Crippen LogP contribution in [0.5, 0.6) is 0 Å². The van der Waals surface area contributed by atoms with Crippen molar-refractivity contribution in [2.75, 3.05) is 0 Å². The lowest BCUT2D eigenvalue weighted by atomic mass is 9.98. The first-order valence-corrected chi connectivity index (χ1v) is 4.37. The van der Waals surface area contributed by atoms with E-state index >= 15 is 0 Å². The van der Waals surface area contributed by atoms with E-state index in [2.05, 4.69) is 13.8 Å². The fourth-order valence-electron chi connectivity index (χ4n) is 2.50. The predicted molar refractivity (Wildman–Crippen MR) is 45.5 cm³/mol. The zero-order valence-corrected chi connectivity index (χ0v) is 7.66. The van der Waals surface area contributed by atoms with E-state index in [9.17, 15) is 9.90 Å². The van der Waals surface area contributed by atoms with Gasteiger partial charge < -0.3 is 5.11 Å². The summed E-state index contributed by atoms with van der Waals surface area (Å²) >= 11 is 0. The van der Waals surface area contributed by atoms with Gasteiger partial charge in [-0.15, -0.1) is 0 Å². The van der Waals surface area contributed by atoms with E-state index < -0.39 is 6.10 Å². The number of carbonyl (C=O) groups excluding carboxylic acids is 1. The van der Waals surface area contributed by atoms with E-state index in [0.29, 0.717) is 0 Å². The lowest BCUT2D eigenvalue weighted by Crippen LogP contribution is -2.19. The van der Waals surface area contributed by atoms with Crippen LogP contribution in [0, 0.1) is 17.3 Å². The van der Waals surface area contributed by atoms with Gasteiger partial charge in [-0.1, -0.05) is 13.8 Å². The van der Waals surface area contributed by atoms with Crippen molar-refractivity contribution in [2.24, 2.45) is 17.3 Å². The molecule has 0 bridgehead atoms. The standard InChI is InChI=1S/C10H14O2/c1-5-4-6(11)7-8(9(5)12)10(7,2)3/h4,6-8,11H,1-3H3/t6-,7-,8-/m0/s1. The highest BCUT2D eigenvalue weighted by Gasteiger charge is 2.65. The van der Waals surface area contributed by atoms with Gasteiger partial charge in [-0.3, -0.25) is 4.79 Å². The average molecular weight is 166 g/mol. The summed E-state index contributed by atoms with van der Waals surface area (Å²) in [5.74, 6) is 0.487. The van der Waals surface area contributed by atoms with Crippen molar-refractivity contribution in [3.8, 4) is 0 Å². The van der Waals surface area contributed by atoms with Gasteiger partial charge in [-0.25, -0.2) is 0 Å². The lowest BCUT2D eigenvalue weighted by molar-refractivity contribution is -0.118. The number of aliphatic hydroxyl groups is 1. The molecule has 1 N–H and O–H groups in total. The number of allylic oxidation sites excluding steroid dienone is 1. The molecule has 0 amide bonds. The third-order valence-electron chi connectivity index (χ3n) is 3.37. The summed E-state index contributed by atoms with van der Waals surface area (Å²) in [6.45, 7) is 5.89. The monoisotopic (exact) mass is 166 g/mol. The fraction of sp³-hybridized carbons (Fsp3) is 0.700. The smallest absolute Gasteiger partial charge is 0.162 e. The molecule has 0 aromatic heterocycles. The minimum atomic E-state index is -0.400. The molecule has 0 aromatic rings. The Balaban J connectivity index is 2.35. The zero-order chi connectivity index (χ0) is 9.09.